The van der Waals surface area contributed by atoms with E-state index in [1.54, 1.807) is 13.8 Å². The number of hydrogen-bond donors (Lipinski definition) is 3. The summed E-state index contributed by atoms with van der Waals surface area (Å²) in [5, 5.41) is 2.61. The third-order valence-corrected chi connectivity index (χ3v) is 2.74. The molecule has 0 aliphatic heterocycles. The van der Waals surface area contributed by atoms with Gasteiger partial charge in [-0.3, -0.25) is 4.79 Å². The van der Waals surface area contributed by atoms with E-state index in [2.05, 4.69) is 5.32 Å². The van der Waals surface area contributed by atoms with Gasteiger partial charge in [0.05, 0.1) is 32.0 Å². The smallest absolute Gasteiger partial charge is 0.246 e. The minimum Gasteiger partial charge on any atom is -0.378 e. The molecule has 0 rings (SSSR count). The zero-order chi connectivity index (χ0) is 16.1. The normalized spacial score (nSPS) is 13.2. The molecule has 1 unspecified atom stereocenters. The number of amides is 1. The fourth-order valence-corrected chi connectivity index (χ4v) is 1.34. The van der Waals surface area contributed by atoms with E-state index in [0.29, 0.717) is 39.5 Å². The van der Waals surface area contributed by atoms with Crippen molar-refractivity contribution in [3.63, 3.8) is 0 Å². The molecule has 0 aromatic rings. The van der Waals surface area contributed by atoms with Crippen LogP contribution >= 0.6 is 0 Å². The van der Waals surface area contributed by atoms with Gasteiger partial charge in [0.2, 0.25) is 5.91 Å². The lowest BCUT2D eigenvalue weighted by Gasteiger charge is -2.27. The van der Waals surface area contributed by atoms with Crippen molar-refractivity contribution in [1.82, 2.24) is 5.32 Å². The Morgan fingerprint density at radius 1 is 1.19 bits per heavy atom. The van der Waals surface area contributed by atoms with Crippen molar-refractivity contribution in [3.8, 4) is 0 Å². The van der Waals surface area contributed by atoms with Crippen LogP contribution in [0.1, 0.15) is 13.8 Å². The molecule has 5 N–H and O–H groups in total. The monoisotopic (exact) mass is 309 g/mol. The Balaban J connectivity index is 3.55. The molecular weight excluding hydrogens is 281 g/mol. The SMILES string of the molecule is CC(C)(OCC(=O)NCCOCCOCCN)C(F)CN. The van der Waals surface area contributed by atoms with Crippen molar-refractivity contribution in [2.24, 2.45) is 11.5 Å². The third-order valence-electron chi connectivity index (χ3n) is 2.74. The van der Waals surface area contributed by atoms with E-state index >= 15 is 0 Å². The van der Waals surface area contributed by atoms with Gasteiger partial charge in [0.1, 0.15) is 12.8 Å². The number of hydrogen-bond acceptors (Lipinski definition) is 6. The average Bonchev–Trinajstić information content (AvgIpc) is 2.47. The van der Waals surface area contributed by atoms with E-state index in [1.165, 1.54) is 0 Å². The Morgan fingerprint density at radius 3 is 2.38 bits per heavy atom. The minimum atomic E-state index is -1.32. The van der Waals surface area contributed by atoms with Gasteiger partial charge in [-0.15, -0.1) is 0 Å². The number of alkyl halides is 1. The van der Waals surface area contributed by atoms with Gasteiger partial charge in [-0.2, -0.15) is 0 Å². The maximum Gasteiger partial charge on any atom is 0.246 e. The highest BCUT2D eigenvalue weighted by Crippen LogP contribution is 2.16. The van der Waals surface area contributed by atoms with Crippen LogP contribution in [-0.4, -0.2) is 70.3 Å². The van der Waals surface area contributed by atoms with Crippen LogP contribution < -0.4 is 16.8 Å². The zero-order valence-electron chi connectivity index (χ0n) is 12.9. The molecule has 1 amide bonds. The van der Waals surface area contributed by atoms with E-state index in [9.17, 15) is 9.18 Å². The molecule has 0 fully saturated rings. The fraction of sp³-hybridized carbons (Fsp3) is 0.923. The number of ether oxygens (including phenoxy) is 3. The highest BCUT2D eigenvalue weighted by atomic mass is 19.1. The number of carbonyl (C=O) groups is 1. The van der Waals surface area contributed by atoms with Crippen molar-refractivity contribution in [1.29, 1.82) is 0 Å². The van der Waals surface area contributed by atoms with Gasteiger partial charge in [0, 0.05) is 19.6 Å². The van der Waals surface area contributed by atoms with Gasteiger partial charge in [-0.05, 0) is 13.8 Å². The summed E-state index contributed by atoms with van der Waals surface area (Å²) in [7, 11) is 0. The van der Waals surface area contributed by atoms with Crippen LogP contribution in [0.4, 0.5) is 4.39 Å². The Bertz CT molecular complexity index is 280. The number of nitrogens with one attached hydrogen (secondary N) is 1. The topological polar surface area (TPSA) is 109 Å². The second-order valence-electron chi connectivity index (χ2n) is 4.96. The molecule has 0 saturated heterocycles. The molecule has 0 aliphatic rings. The second-order valence-corrected chi connectivity index (χ2v) is 4.96. The van der Waals surface area contributed by atoms with Crippen molar-refractivity contribution in [2.45, 2.75) is 25.6 Å². The maximum atomic E-state index is 13.4. The van der Waals surface area contributed by atoms with Crippen molar-refractivity contribution < 1.29 is 23.4 Å². The summed E-state index contributed by atoms with van der Waals surface area (Å²) in [4.78, 5) is 11.5. The van der Waals surface area contributed by atoms with Gasteiger partial charge in [-0.25, -0.2) is 4.39 Å². The Labute approximate surface area is 125 Å². The molecule has 8 heteroatoms. The zero-order valence-corrected chi connectivity index (χ0v) is 12.9. The van der Waals surface area contributed by atoms with Crippen molar-refractivity contribution >= 4 is 5.91 Å². The van der Waals surface area contributed by atoms with Gasteiger partial charge >= 0.3 is 0 Å². The van der Waals surface area contributed by atoms with E-state index < -0.39 is 11.8 Å². The van der Waals surface area contributed by atoms with E-state index in [-0.39, 0.29) is 19.1 Å². The lowest BCUT2D eigenvalue weighted by molar-refractivity contribution is -0.135. The van der Waals surface area contributed by atoms with Crippen molar-refractivity contribution in [3.05, 3.63) is 0 Å². The predicted molar refractivity (Wildman–Crippen MR) is 77.7 cm³/mol. The third kappa shape index (κ3) is 10.6. The first-order chi connectivity index (χ1) is 9.94. The Morgan fingerprint density at radius 2 is 1.81 bits per heavy atom. The maximum absolute atomic E-state index is 13.4. The summed E-state index contributed by atoms with van der Waals surface area (Å²) in [5.41, 5.74) is 9.41. The Kier molecular flexibility index (Phi) is 11.4. The number of carbonyl (C=O) groups excluding carboxylic acids is 1. The van der Waals surface area contributed by atoms with Gasteiger partial charge < -0.3 is 31.0 Å². The summed E-state index contributed by atoms with van der Waals surface area (Å²) in [6, 6.07) is 0. The molecule has 0 saturated carbocycles. The molecule has 21 heavy (non-hydrogen) atoms. The molecule has 7 nitrogen and oxygen atoms in total. The second kappa shape index (κ2) is 11.8. The first-order valence-corrected chi connectivity index (χ1v) is 7.04. The van der Waals surface area contributed by atoms with Gasteiger partial charge in [0.25, 0.3) is 0 Å². The van der Waals surface area contributed by atoms with Crippen molar-refractivity contribution in [2.75, 3.05) is 52.7 Å². The van der Waals surface area contributed by atoms with Crippen LogP contribution in [0.2, 0.25) is 0 Å². The summed E-state index contributed by atoms with van der Waals surface area (Å²) in [6.45, 7) is 5.39. The average molecular weight is 309 g/mol. The number of rotatable bonds is 13. The summed E-state index contributed by atoms with van der Waals surface area (Å²) >= 11 is 0. The summed E-state index contributed by atoms with van der Waals surface area (Å²) < 4.78 is 29.0. The summed E-state index contributed by atoms with van der Waals surface area (Å²) in [6.07, 6.45) is -1.32. The molecular formula is C13H28FN3O4. The lowest BCUT2D eigenvalue weighted by Crippen LogP contribution is -2.43. The fourth-order valence-electron chi connectivity index (χ4n) is 1.34. The number of halogens is 1. The quantitative estimate of drug-likeness (QED) is 0.384. The minimum absolute atomic E-state index is 0.144. The van der Waals surface area contributed by atoms with Crippen LogP contribution in [0, 0.1) is 0 Å². The first kappa shape index (κ1) is 20.2. The molecule has 126 valence electrons. The molecule has 0 radical (unpaired) electrons. The Hall–Kier alpha value is -0.800. The standard InChI is InChI=1S/C13H28FN3O4/c1-13(2,11(14)9-16)21-10-12(18)17-4-6-20-8-7-19-5-3-15/h11H,3-10,15-16H2,1-2H3,(H,17,18). The van der Waals surface area contributed by atoms with E-state index in [4.69, 9.17) is 25.7 Å². The molecule has 1 atom stereocenters. The summed E-state index contributed by atoms with van der Waals surface area (Å²) in [5.74, 6) is -0.324. The van der Waals surface area contributed by atoms with Crippen LogP contribution in [0.5, 0.6) is 0 Å². The van der Waals surface area contributed by atoms with Crippen LogP contribution in [0.25, 0.3) is 0 Å². The molecule has 0 aromatic heterocycles. The van der Waals surface area contributed by atoms with E-state index in [1.807, 2.05) is 0 Å². The van der Waals surface area contributed by atoms with Crippen LogP contribution in [0.15, 0.2) is 0 Å². The first-order valence-electron chi connectivity index (χ1n) is 7.04. The highest BCUT2D eigenvalue weighted by molar-refractivity contribution is 5.77. The molecule has 0 heterocycles. The van der Waals surface area contributed by atoms with E-state index in [0.717, 1.165) is 0 Å². The lowest BCUT2D eigenvalue weighted by atomic mass is 10.0. The van der Waals surface area contributed by atoms with Crippen LogP contribution in [0.3, 0.4) is 0 Å². The highest BCUT2D eigenvalue weighted by Gasteiger charge is 2.29. The largest absolute Gasteiger partial charge is 0.378 e. The predicted octanol–water partition coefficient (Wildman–Crippen LogP) is -0.813. The van der Waals surface area contributed by atoms with Crippen LogP contribution in [-0.2, 0) is 19.0 Å². The molecule has 0 bridgehead atoms. The van der Waals surface area contributed by atoms with Gasteiger partial charge in [-0.1, -0.05) is 0 Å². The van der Waals surface area contributed by atoms with Gasteiger partial charge in [0.15, 0.2) is 0 Å². The molecule has 0 spiro atoms. The number of nitrogens with two attached hydrogens (primary N) is 2. The molecule has 0 aromatic carbocycles. The molecule has 0 aliphatic carbocycles.